The number of unbranched alkanes of at least 4 members (excludes halogenated alkanes) is 6. The van der Waals surface area contributed by atoms with Crippen LogP contribution >= 0.6 is 17.1 Å². The number of hydrogen-bond donors (Lipinski definition) is 0. The third-order valence-corrected chi connectivity index (χ3v) is 11.7. The second-order valence-corrected chi connectivity index (χ2v) is 25.6. The van der Waals surface area contributed by atoms with Gasteiger partial charge in [0.15, 0.2) is 0 Å². The largest absolute Gasteiger partial charge is 0.819 e. The standard InChI is InChI=1S/3C10H23O2PS2.Mo/c3*1-4-7-8-9-10(5-2,6-3)12-13(11,14)15;/h3*4-9H2,1-3H3,(H2,11,14,15);/p-6. The Morgan fingerprint density at radius 1 is 0.435 bits per heavy atom. The predicted molar refractivity (Wildman–Crippen MR) is 211 cm³/mol. The maximum Gasteiger partial charge on any atom is 0.0688 e. The van der Waals surface area contributed by atoms with Gasteiger partial charge in [-0.15, -0.1) is 52.5 Å². The summed E-state index contributed by atoms with van der Waals surface area (Å²) >= 11 is 28.2. The summed E-state index contributed by atoms with van der Waals surface area (Å²) in [6.45, 7) is 18.7. The Labute approximate surface area is 330 Å². The van der Waals surface area contributed by atoms with Gasteiger partial charge in [0.25, 0.3) is 0 Å². The van der Waals surface area contributed by atoms with Gasteiger partial charge in [-0.3, -0.25) is 0 Å². The molecule has 0 aliphatic carbocycles. The molecule has 282 valence electrons. The van der Waals surface area contributed by atoms with Gasteiger partial charge < -0.3 is 65.0 Å². The Balaban J connectivity index is -0.000000285. The van der Waals surface area contributed by atoms with Crippen LogP contribution in [0.2, 0.25) is 0 Å². The average molecular weight is 901 g/mol. The van der Waals surface area contributed by atoms with E-state index in [9.17, 15) is 14.7 Å². The van der Waals surface area contributed by atoms with E-state index in [0.29, 0.717) is 0 Å². The fourth-order valence-electron chi connectivity index (χ4n) is 5.14. The summed E-state index contributed by atoms with van der Waals surface area (Å²) in [6.07, 6.45) is 17.9. The molecule has 0 saturated carbocycles. The fourth-order valence-corrected chi connectivity index (χ4v) is 10.5. The molecule has 0 rings (SSSR count). The zero-order valence-corrected chi connectivity index (χ0v) is 39.5. The maximum absolute atomic E-state index is 11.4. The van der Waals surface area contributed by atoms with Gasteiger partial charge in [0.05, 0.1) is 16.8 Å². The van der Waals surface area contributed by atoms with Crippen molar-refractivity contribution >= 4 is 89.2 Å². The van der Waals surface area contributed by atoms with Crippen LogP contribution in [0.15, 0.2) is 0 Å². The van der Waals surface area contributed by atoms with Gasteiger partial charge in [-0.1, -0.05) is 120 Å². The van der Waals surface area contributed by atoms with E-state index in [1.807, 2.05) is 41.5 Å². The van der Waals surface area contributed by atoms with Crippen molar-refractivity contribution in [3.63, 3.8) is 0 Å². The van der Waals surface area contributed by atoms with E-state index in [1.165, 1.54) is 38.5 Å². The number of hydrogen-bond acceptors (Lipinski definition) is 12. The van der Waals surface area contributed by atoms with Crippen LogP contribution < -0.4 is 14.7 Å². The van der Waals surface area contributed by atoms with E-state index in [4.69, 9.17) is 85.7 Å². The molecular weight excluding hydrogens is 838 g/mol. The monoisotopic (exact) mass is 902 g/mol. The molecule has 16 heteroatoms. The first kappa shape index (κ1) is 56.2. The summed E-state index contributed by atoms with van der Waals surface area (Å²) in [5.41, 5.74) is -10.7. The van der Waals surface area contributed by atoms with Crippen LogP contribution in [-0.4, -0.2) is 16.8 Å². The SMILES string of the molecule is CCCCCC(CC)(CC)OP([O-])(=S)[S-].CCCCCC(CC)(CC)OP([O-])(=S)[S-].CCCCCC(CC)(CC)OP([O-])(=S)[S-].[Mo]. The van der Waals surface area contributed by atoms with Gasteiger partial charge >= 0.3 is 0 Å². The molecule has 0 radical (unpaired) electrons. The topological polar surface area (TPSA) is 96.9 Å². The average Bonchev–Trinajstić information content (AvgIpc) is 2.94. The molecule has 0 bridgehead atoms. The second-order valence-electron chi connectivity index (χ2n) is 11.7. The molecule has 0 heterocycles. The number of rotatable bonds is 24. The molecular formula is C30H63MoO6P3S6-6. The van der Waals surface area contributed by atoms with Crippen LogP contribution in [0.3, 0.4) is 0 Å². The van der Waals surface area contributed by atoms with E-state index < -0.39 is 17.1 Å². The smallest absolute Gasteiger partial charge is 0.0688 e. The molecule has 0 aromatic rings. The van der Waals surface area contributed by atoms with Crippen LogP contribution in [0.25, 0.3) is 0 Å². The second kappa shape index (κ2) is 29.9. The minimum Gasteiger partial charge on any atom is -0.819 e. The van der Waals surface area contributed by atoms with Gasteiger partial charge in [0.2, 0.25) is 0 Å². The van der Waals surface area contributed by atoms with Crippen molar-refractivity contribution in [2.75, 3.05) is 0 Å². The molecule has 0 fully saturated rings. The van der Waals surface area contributed by atoms with E-state index in [-0.39, 0.29) is 37.9 Å². The molecule has 0 aromatic carbocycles. The van der Waals surface area contributed by atoms with Crippen molar-refractivity contribution in [3.8, 4) is 0 Å². The fraction of sp³-hybridized carbons (Fsp3) is 1.00. The van der Waals surface area contributed by atoms with Gasteiger partial charge in [0.1, 0.15) is 0 Å². The summed E-state index contributed by atoms with van der Waals surface area (Å²) in [6, 6.07) is 0. The van der Waals surface area contributed by atoms with Crippen molar-refractivity contribution in [1.29, 1.82) is 0 Å². The first-order valence-electron chi connectivity index (χ1n) is 16.8. The van der Waals surface area contributed by atoms with E-state index in [1.54, 1.807) is 0 Å². The zero-order chi connectivity index (χ0) is 35.8. The maximum atomic E-state index is 11.4. The molecule has 0 aromatic heterocycles. The normalized spacial score (nSPS) is 16.0. The van der Waals surface area contributed by atoms with Crippen molar-refractivity contribution in [2.24, 2.45) is 0 Å². The van der Waals surface area contributed by atoms with E-state index in [0.717, 1.165) is 77.0 Å². The Morgan fingerprint density at radius 2 is 0.609 bits per heavy atom. The minimum absolute atomic E-state index is 0. The van der Waals surface area contributed by atoms with Crippen LogP contribution in [0.5, 0.6) is 0 Å². The quantitative estimate of drug-likeness (QED) is 0.0400. The molecule has 0 N–H and O–H groups in total. The summed E-state index contributed by atoms with van der Waals surface area (Å²) in [7, 11) is 0. The summed E-state index contributed by atoms with van der Waals surface area (Å²) in [5.74, 6) is 0. The van der Waals surface area contributed by atoms with Crippen LogP contribution in [-0.2, 0) is 107 Å². The van der Waals surface area contributed by atoms with Gasteiger partial charge in [-0.2, -0.15) is 0 Å². The molecule has 0 saturated heterocycles. The molecule has 46 heavy (non-hydrogen) atoms. The van der Waals surface area contributed by atoms with Crippen LogP contribution in [0, 0.1) is 0 Å². The Bertz CT molecular complexity index is 751. The van der Waals surface area contributed by atoms with Crippen molar-refractivity contribution in [2.45, 2.75) is 195 Å². The van der Waals surface area contributed by atoms with Crippen molar-refractivity contribution < 1.29 is 49.3 Å². The van der Waals surface area contributed by atoms with Crippen molar-refractivity contribution in [1.82, 2.24) is 0 Å². The molecule has 0 amide bonds. The summed E-state index contributed by atoms with van der Waals surface area (Å²) in [4.78, 5) is 34.2. The first-order chi connectivity index (χ1) is 20.7. The third kappa shape index (κ3) is 31.0. The Kier molecular flexibility index (Phi) is 36.5. The van der Waals surface area contributed by atoms with Crippen LogP contribution in [0.1, 0.15) is 178 Å². The molecule has 3 atom stereocenters. The molecule has 6 nitrogen and oxygen atoms in total. The van der Waals surface area contributed by atoms with Gasteiger partial charge in [0, 0.05) is 21.1 Å². The predicted octanol–water partition coefficient (Wildman–Crippen LogP) is 9.82. The molecule has 0 aliphatic heterocycles. The van der Waals surface area contributed by atoms with E-state index in [2.05, 4.69) is 20.8 Å². The Morgan fingerprint density at radius 3 is 0.717 bits per heavy atom. The van der Waals surface area contributed by atoms with Gasteiger partial charge in [-0.05, 0) is 57.8 Å². The first-order valence-corrected chi connectivity index (χ1v) is 27.8. The third-order valence-electron chi connectivity index (χ3n) is 8.49. The summed E-state index contributed by atoms with van der Waals surface area (Å²) in [5, 5.41) is 0. The van der Waals surface area contributed by atoms with Crippen molar-refractivity contribution in [3.05, 3.63) is 0 Å². The summed E-state index contributed by atoms with van der Waals surface area (Å²) < 4.78 is 16.4. The molecule has 0 spiro atoms. The Hall–Kier alpha value is 3.45. The van der Waals surface area contributed by atoms with E-state index >= 15 is 0 Å². The molecule has 0 aliphatic rings. The molecule has 3 unspecified atom stereocenters. The van der Waals surface area contributed by atoms with Crippen LogP contribution in [0.4, 0.5) is 0 Å². The minimum atomic E-state index is -3.20. The zero-order valence-electron chi connectivity index (χ0n) is 29.9. The van der Waals surface area contributed by atoms with Gasteiger partial charge in [-0.25, -0.2) is 0 Å².